The van der Waals surface area contributed by atoms with E-state index in [1.807, 2.05) is 0 Å². The highest BCUT2D eigenvalue weighted by Crippen LogP contribution is 2.43. The number of carboxylic acids is 1. The van der Waals surface area contributed by atoms with Crippen molar-refractivity contribution in [3.8, 4) is 34.1 Å². The van der Waals surface area contributed by atoms with E-state index in [0.717, 1.165) is 19.3 Å². The number of aromatic amines is 1. The second-order valence-corrected chi connectivity index (χ2v) is 7.74. The van der Waals surface area contributed by atoms with Gasteiger partial charge < -0.3 is 33.8 Å². The van der Waals surface area contributed by atoms with Gasteiger partial charge in [0.1, 0.15) is 17.2 Å². The molecule has 35 heavy (non-hydrogen) atoms. The number of aliphatic carboxylic acids is 1. The number of ether oxygens (including phenoxy) is 5. The average molecular weight is 486 g/mol. The van der Waals surface area contributed by atoms with E-state index in [4.69, 9.17) is 28.8 Å². The van der Waals surface area contributed by atoms with Crippen LogP contribution in [0.5, 0.6) is 23.0 Å². The molecule has 1 aromatic heterocycles. The highest BCUT2D eigenvalue weighted by molar-refractivity contribution is 6.09. The average Bonchev–Trinajstić information content (AvgIpc) is 3.22. The quantitative estimate of drug-likeness (QED) is 0.255. The summed E-state index contributed by atoms with van der Waals surface area (Å²) in [6, 6.07) is 8.56. The number of benzene rings is 2. The summed E-state index contributed by atoms with van der Waals surface area (Å²) in [6.45, 7) is 4.02. The summed E-state index contributed by atoms with van der Waals surface area (Å²) in [5.41, 5.74) is 1.84. The van der Waals surface area contributed by atoms with Gasteiger partial charge in [0, 0.05) is 28.6 Å². The zero-order valence-corrected chi connectivity index (χ0v) is 20.4. The number of fused-ring (bicyclic) bond motifs is 1. The first kappa shape index (κ1) is 25.7. The summed E-state index contributed by atoms with van der Waals surface area (Å²) >= 11 is 0. The number of carboxylic acid groups (broad SMARTS) is 1. The largest absolute Gasteiger partial charge is 0.497 e. The smallest absolute Gasteiger partial charge is 0.355 e. The minimum absolute atomic E-state index is 0.188. The predicted molar refractivity (Wildman–Crippen MR) is 131 cm³/mol. The number of nitrogens with one attached hydrogen (secondary N) is 1. The van der Waals surface area contributed by atoms with E-state index in [1.165, 1.54) is 7.11 Å². The molecule has 1 heterocycles. The number of carbonyl (C=O) groups is 2. The maximum absolute atomic E-state index is 12.9. The van der Waals surface area contributed by atoms with E-state index >= 15 is 0 Å². The highest BCUT2D eigenvalue weighted by atomic mass is 16.5. The van der Waals surface area contributed by atoms with Crippen LogP contribution in [0.3, 0.4) is 0 Å². The number of methoxy groups -OCH3 is 2. The predicted octanol–water partition coefficient (Wildman–Crippen LogP) is 5.06. The Hall–Kier alpha value is -3.88. The first-order valence-electron chi connectivity index (χ1n) is 11.5. The Kier molecular flexibility index (Phi) is 8.83. The molecule has 2 N–H and O–H groups in total. The molecule has 0 saturated heterocycles. The third kappa shape index (κ3) is 5.98. The van der Waals surface area contributed by atoms with Crippen LogP contribution in [0.15, 0.2) is 30.3 Å². The maximum Gasteiger partial charge on any atom is 0.355 e. The zero-order valence-electron chi connectivity index (χ0n) is 20.4. The fourth-order valence-corrected chi connectivity index (χ4v) is 3.74. The molecule has 0 aliphatic heterocycles. The Morgan fingerprint density at radius 1 is 0.943 bits per heavy atom. The Bertz CT molecular complexity index is 1180. The fourth-order valence-electron chi connectivity index (χ4n) is 3.74. The van der Waals surface area contributed by atoms with Crippen molar-refractivity contribution < 1.29 is 38.4 Å². The molecule has 0 radical (unpaired) electrons. The molecule has 0 saturated carbocycles. The van der Waals surface area contributed by atoms with Gasteiger partial charge in [0.25, 0.3) is 0 Å². The summed E-state index contributed by atoms with van der Waals surface area (Å²) in [7, 11) is 3.05. The monoisotopic (exact) mass is 485 g/mol. The Morgan fingerprint density at radius 3 is 2.40 bits per heavy atom. The molecule has 188 valence electrons. The number of aromatic nitrogens is 1. The van der Waals surface area contributed by atoms with Crippen LogP contribution >= 0.6 is 0 Å². The van der Waals surface area contributed by atoms with Crippen LogP contribution in [0.4, 0.5) is 0 Å². The molecule has 9 nitrogen and oxygen atoms in total. The van der Waals surface area contributed by atoms with Crippen molar-refractivity contribution >= 4 is 22.8 Å². The molecule has 0 amide bonds. The number of unbranched alkanes of at least 4 members (excludes halogenated alkanes) is 2. The number of hydrogen-bond acceptors (Lipinski definition) is 7. The van der Waals surface area contributed by atoms with Gasteiger partial charge in [-0.3, -0.25) is 0 Å². The Morgan fingerprint density at radius 2 is 1.74 bits per heavy atom. The van der Waals surface area contributed by atoms with Crippen molar-refractivity contribution in [2.75, 3.05) is 34.0 Å². The lowest BCUT2D eigenvalue weighted by atomic mass is 10.00. The van der Waals surface area contributed by atoms with Crippen molar-refractivity contribution in [1.82, 2.24) is 4.98 Å². The number of H-pyrrole nitrogens is 1. The number of hydrogen-bond donors (Lipinski definition) is 2. The van der Waals surface area contributed by atoms with Crippen LogP contribution in [0.1, 0.15) is 43.6 Å². The van der Waals surface area contributed by atoms with Crippen LogP contribution in [-0.4, -0.2) is 56.1 Å². The van der Waals surface area contributed by atoms with Crippen molar-refractivity contribution in [3.05, 3.63) is 36.0 Å². The van der Waals surface area contributed by atoms with E-state index in [2.05, 4.69) is 11.9 Å². The van der Waals surface area contributed by atoms with E-state index in [1.54, 1.807) is 44.4 Å². The number of rotatable bonds is 13. The lowest BCUT2D eigenvalue weighted by Crippen LogP contribution is -2.11. The molecule has 0 atom stereocenters. The van der Waals surface area contributed by atoms with Crippen LogP contribution in [0.25, 0.3) is 22.0 Å². The van der Waals surface area contributed by atoms with Crippen LogP contribution < -0.4 is 18.9 Å². The Balaban J connectivity index is 2.20. The van der Waals surface area contributed by atoms with Gasteiger partial charge in [-0.15, -0.1) is 0 Å². The molecular weight excluding hydrogens is 454 g/mol. The minimum Gasteiger partial charge on any atom is -0.497 e. The van der Waals surface area contributed by atoms with Crippen LogP contribution in [-0.2, 0) is 9.53 Å². The van der Waals surface area contributed by atoms with Crippen molar-refractivity contribution in [3.63, 3.8) is 0 Å². The minimum atomic E-state index is -1.13. The summed E-state index contributed by atoms with van der Waals surface area (Å²) < 4.78 is 27.7. The van der Waals surface area contributed by atoms with Gasteiger partial charge in [-0.05, 0) is 31.5 Å². The zero-order chi connectivity index (χ0) is 25.4. The number of carbonyl (C=O) groups excluding carboxylic acids is 1. The first-order valence-corrected chi connectivity index (χ1v) is 11.5. The summed E-state index contributed by atoms with van der Waals surface area (Å²) in [4.78, 5) is 27.2. The molecule has 9 heteroatoms. The summed E-state index contributed by atoms with van der Waals surface area (Å²) in [6.07, 6.45) is 3.05. The van der Waals surface area contributed by atoms with Crippen LogP contribution in [0, 0.1) is 0 Å². The first-order chi connectivity index (χ1) is 16.9. The van der Waals surface area contributed by atoms with Crippen LogP contribution in [0.2, 0.25) is 0 Å². The SMILES string of the molecule is CCCCCOc1cc2[nH]c(C(=O)OCC)c(-c3ccc(OC)cc3OCC(=O)O)c2cc1OC. The van der Waals surface area contributed by atoms with E-state index in [9.17, 15) is 9.59 Å². The van der Waals surface area contributed by atoms with Crippen molar-refractivity contribution in [2.45, 2.75) is 33.1 Å². The molecule has 3 rings (SSSR count). The normalized spacial score (nSPS) is 10.7. The third-order valence-corrected chi connectivity index (χ3v) is 5.38. The van der Waals surface area contributed by atoms with Gasteiger partial charge >= 0.3 is 11.9 Å². The van der Waals surface area contributed by atoms with Gasteiger partial charge in [-0.2, -0.15) is 0 Å². The van der Waals surface area contributed by atoms with E-state index < -0.39 is 18.5 Å². The molecule has 0 bridgehead atoms. The molecule has 0 aliphatic carbocycles. The molecule has 0 fully saturated rings. The van der Waals surface area contributed by atoms with Gasteiger partial charge in [-0.25, -0.2) is 9.59 Å². The standard InChI is InChI=1S/C26H31NO8/c1-5-7-8-11-34-22-14-19-18(13-21(22)32-4)24(25(27-19)26(30)33-6-2)17-10-9-16(31-3)12-20(17)35-15-23(28)29/h9-10,12-14,27H,5-8,11,15H2,1-4H3,(H,28,29). The molecule has 3 aromatic rings. The van der Waals surface area contributed by atoms with Crippen molar-refractivity contribution in [1.29, 1.82) is 0 Å². The van der Waals surface area contributed by atoms with Gasteiger partial charge in [-0.1, -0.05) is 19.8 Å². The molecule has 0 aliphatic rings. The molecular formula is C26H31NO8. The molecule has 2 aromatic carbocycles. The highest BCUT2D eigenvalue weighted by Gasteiger charge is 2.25. The third-order valence-electron chi connectivity index (χ3n) is 5.38. The van der Waals surface area contributed by atoms with Gasteiger partial charge in [0.05, 0.1) is 33.0 Å². The molecule has 0 spiro atoms. The topological polar surface area (TPSA) is 116 Å². The Labute approximate surface area is 203 Å². The summed E-state index contributed by atoms with van der Waals surface area (Å²) in [5, 5.41) is 9.81. The van der Waals surface area contributed by atoms with Gasteiger partial charge in [0.2, 0.25) is 0 Å². The summed E-state index contributed by atoms with van der Waals surface area (Å²) in [5.74, 6) is 0.101. The van der Waals surface area contributed by atoms with E-state index in [0.29, 0.717) is 45.9 Å². The maximum atomic E-state index is 12.9. The number of esters is 1. The fraction of sp³-hybridized carbons (Fsp3) is 0.385. The lowest BCUT2D eigenvalue weighted by Gasteiger charge is -2.14. The second kappa shape index (κ2) is 12.0. The lowest BCUT2D eigenvalue weighted by molar-refractivity contribution is -0.139. The van der Waals surface area contributed by atoms with E-state index in [-0.39, 0.29) is 18.1 Å². The second-order valence-electron chi connectivity index (χ2n) is 7.74. The molecule has 0 unspecified atom stereocenters. The van der Waals surface area contributed by atoms with Crippen molar-refractivity contribution in [2.24, 2.45) is 0 Å². The van der Waals surface area contributed by atoms with Gasteiger partial charge in [0.15, 0.2) is 18.1 Å².